The first kappa shape index (κ1) is 12.8. The minimum absolute atomic E-state index is 0.166. The molecule has 94 valence electrons. The molecule has 0 N–H and O–H groups in total. The third kappa shape index (κ3) is 2.61. The minimum Gasteiger partial charge on any atom is -0.438 e. The molecule has 1 aromatic heterocycles. The van der Waals surface area contributed by atoms with E-state index in [0.717, 1.165) is 10.0 Å². The van der Waals surface area contributed by atoms with Gasteiger partial charge in [0.25, 0.3) is 5.91 Å². The fourth-order valence-electron chi connectivity index (χ4n) is 1.63. The van der Waals surface area contributed by atoms with E-state index in [0.29, 0.717) is 18.0 Å². The van der Waals surface area contributed by atoms with Crippen LogP contribution in [0, 0.1) is 6.92 Å². The Balaban J connectivity index is 2.14. The first-order valence-corrected chi connectivity index (χ1v) is 6.28. The highest BCUT2D eigenvalue weighted by Gasteiger charge is 2.18. The molecule has 0 atom stereocenters. The summed E-state index contributed by atoms with van der Waals surface area (Å²) in [5.41, 5.74) is 1.66. The number of aromatic nitrogens is 1. The van der Waals surface area contributed by atoms with Crippen LogP contribution in [0.2, 0.25) is 0 Å². The lowest BCUT2D eigenvalue weighted by Crippen LogP contribution is -2.26. The number of carbonyl (C=O) groups is 1. The van der Waals surface area contributed by atoms with Gasteiger partial charge in [-0.2, -0.15) is 0 Å². The Morgan fingerprint density at radius 3 is 2.78 bits per heavy atom. The lowest BCUT2D eigenvalue weighted by Gasteiger charge is -2.16. The molecule has 1 amide bonds. The van der Waals surface area contributed by atoms with E-state index in [1.54, 1.807) is 18.9 Å². The van der Waals surface area contributed by atoms with Crippen molar-refractivity contribution in [2.24, 2.45) is 0 Å². The van der Waals surface area contributed by atoms with Crippen molar-refractivity contribution in [3.05, 3.63) is 52.1 Å². The molecule has 0 saturated carbocycles. The van der Waals surface area contributed by atoms with Gasteiger partial charge in [-0.25, -0.2) is 4.98 Å². The van der Waals surface area contributed by atoms with Crippen LogP contribution >= 0.6 is 15.9 Å². The molecule has 1 aromatic carbocycles. The molecular weight excluding hydrogens is 296 g/mol. The van der Waals surface area contributed by atoms with Gasteiger partial charge >= 0.3 is 0 Å². The summed E-state index contributed by atoms with van der Waals surface area (Å²) in [6.45, 7) is 2.27. The van der Waals surface area contributed by atoms with Crippen LogP contribution in [0.25, 0.3) is 0 Å². The van der Waals surface area contributed by atoms with Gasteiger partial charge in [0.1, 0.15) is 0 Å². The summed E-state index contributed by atoms with van der Waals surface area (Å²) in [5.74, 6) is 0.130. The molecule has 2 aromatic rings. The summed E-state index contributed by atoms with van der Waals surface area (Å²) in [5, 5.41) is 0. The molecule has 0 aliphatic carbocycles. The average molecular weight is 309 g/mol. The van der Waals surface area contributed by atoms with Gasteiger partial charge in [0.2, 0.25) is 5.76 Å². The van der Waals surface area contributed by atoms with Gasteiger partial charge < -0.3 is 9.32 Å². The van der Waals surface area contributed by atoms with Crippen molar-refractivity contribution >= 4 is 21.8 Å². The Labute approximate surface area is 114 Å². The average Bonchev–Trinajstić information content (AvgIpc) is 2.77. The highest BCUT2D eigenvalue weighted by atomic mass is 79.9. The van der Waals surface area contributed by atoms with Crippen LogP contribution in [-0.4, -0.2) is 22.8 Å². The molecule has 2 rings (SSSR count). The number of halogens is 1. The molecule has 4 nitrogen and oxygen atoms in total. The Hall–Kier alpha value is -1.62. The zero-order valence-electron chi connectivity index (χ0n) is 10.2. The predicted octanol–water partition coefficient (Wildman–Crippen LogP) is 3.02. The second-order valence-corrected chi connectivity index (χ2v) is 4.87. The minimum atomic E-state index is -0.166. The van der Waals surface area contributed by atoms with E-state index in [1.165, 1.54) is 6.39 Å². The lowest BCUT2D eigenvalue weighted by atomic mass is 10.2. The third-order valence-corrected chi connectivity index (χ3v) is 3.43. The molecule has 18 heavy (non-hydrogen) atoms. The zero-order chi connectivity index (χ0) is 13.1. The molecule has 0 unspecified atom stereocenters. The Morgan fingerprint density at radius 1 is 1.44 bits per heavy atom. The number of rotatable bonds is 3. The lowest BCUT2D eigenvalue weighted by molar-refractivity contribution is 0.0752. The SMILES string of the molecule is Cc1ncoc1C(=O)N(C)Cc1ccccc1Br. The molecule has 5 heteroatoms. The van der Waals surface area contributed by atoms with E-state index in [2.05, 4.69) is 20.9 Å². The van der Waals surface area contributed by atoms with Gasteiger partial charge in [-0.05, 0) is 18.6 Å². The molecule has 0 spiro atoms. The van der Waals surface area contributed by atoms with Crippen molar-refractivity contribution in [1.82, 2.24) is 9.88 Å². The van der Waals surface area contributed by atoms with Crippen LogP contribution in [0.4, 0.5) is 0 Å². The number of oxazole rings is 1. The second kappa shape index (κ2) is 5.35. The molecule has 0 aliphatic rings. The van der Waals surface area contributed by atoms with Crippen LogP contribution in [0.1, 0.15) is 21.8 Å². The zero-order valence-corrected chi connectivity index (χ0v) is 11.8. The summed E-state index contributed by atoms with van der Waals surface area (Å²) in [7, 11) is 1.74. The standard InChI is InChI=1S/C13H13BrN2O2/c1-9-12(18-8-15-9)13(17)16(2)7-10-5-3-4-6-11(10)14/h3-6,8H,7H2,1-2H3. The monoisotopic (exact) mass is 308 g/mol. The van der Waals surface area contributed by atoms with E-state index in [1.807, 2.05) is 24.3 Å². The first-order chi connectivity index (χ1) is 8.59. The Kier molecular flexibility index (Phi) is 3.81. The molecule has 1 heterocycles. The quantitative estimate of drug-likeness (QED) is 0.875. The summed E-state index contributed by atoms with van der Waals surface area (Å²) in [6, 6.07) is 7.81. The number of amides is 1. The molecular formula is C13H13BrN2O2. The Bertz CT molecular complexity index is 566. The van der Waals surface area contributed by atoms with Gasteiger partial charge in [-0.1, -0.05) is 34.1 Å². The van der Waals surface area contributed by atoms with Crippen LogP contribution in [0.15, 0.2) is 39.5 Å². The fraction of sp³-hybridized carbons (Fsp3) is 0.231. The van der Waals surface area contributed by atoms with Crippen LogP contribution in [0.3, 0.4) is 0 Å². The maximum atomic E-state index is 12.1. The van der Waals surface area contributed by atoms with Crippen LogP contribution < -0.4 is 0 Å². The third-order valence-electron chi connectivity index (χ3n) is 2.65. The fourth-order valence-corrected chi connectivity index (χ4v) is 2.04. The molecule has 0 bridgehead atoms. The largest absolute Gasteiger partial charge is 0.438 e. The number of hydrogen-bond acceptors (Lipinski definition) is 3. The van der Waals surface area contributed by atoms with Crippen molar-refractivity contribution < 1.29 is 9.21 Å². The second-order valence-electron chi connectivity index (χ2n) is 4.02. The number of benzene rings is 1. The molecule has 0 aliphatic heterocycles. The van der Waals surface area contributed by atoms with Gasteiger partial charge in [0.05, 0.1) is 5.69 Å². The maximum absolute atomic E-state index is 12.1. The molecule has 0 saturated heterocycles. The molecule has 0 fully saturated rings. The topological polar surface area (TPSA) is 46.3 Å². The van der Waals surface area contributed by atoms with Gasteiger partial charge in [0, 0.05) is 18.1 Å². The van der Waals surface area contributed by atoms with Crippen LogP contribution in [0.5, 0.6) is 0 Å². The van der Waals surface area contributed by atoms with Gasteiger partial charge in [0.15, 0.2) is 6.39 Å². The van der Waals surface area contributed by atoms with E-state index >= 15 is 0 Å². The highest BCUT2D eigenvalue weighted by molar-refractivity contribution is 9.10. The summed E-state index contributed by atoms with van der Waals surface area (Å²) >= 11 is 3.46. The summed E-state index contributed by atoms with van der Waals surface area (Å²) < 4.78 is 6.09. The molecule has 0 radical (unpaired) electrons. The van der Waals surface area contributed by atoms with Gasteiger partial charge in [-0.15, -0.1) is 0 Å². The van der Waals surface area contributed by atoms with Crippen LogP contribution in [-0.2, 0) is 6.54 Å². The van der Waals surface area contributed by atoms with E-state index < -0.39 is 0 Å². The van der Waals surface area contributed by atoms with E-state index in [-0.39, 0.29) is 5.91 Å². The van der Waals surface area contributed by atoms with E-state index in [9.17, 15) is 4.79 Å². The number of nitrogens with zero attached hydrogens (tertiary/aromatic N) is 2. The number of aryl methyl sites for hydroxylation is 1. The van der Waals surface area contributed by atoms with Crippen molar-refractivity contribution in [2.75, 3.05) is 7.05 Å². The normalized spacial score (nSPS) is 10.4. The first-order valence-electron chi connectivity index (χ1n) is 5.48. The predicted molar refractivity (Wildman–Crippen MR) is 71.2 cm³/mol. The number of carbonyl (C=O) groups excluding carboxylic acids is 1. The van der Waals surface area contributed by atoms with Crippen molar-refractivity contribution in [3.63, 3.8) is 0 Å². The Morgan fingerprint density at radius 2 is 2.17 bits per heavy atom. The van der Waals surface area contributed by atoms with Crippen molar-refractivity contribution in [3.8, 4) is 0 Å². The smallest absolute Gasteiger partial charge is 0.291 e. The maximum Gasteiger partial charge on any atom is 0.291 e. The summed E-state index contributed by atoms with van der Waals surface area (Å²) in [6.07, 6.45) is 1.29. The van der Waals surface area contributed by atoms with Gasteiger partial charge in [-0.3, -0.25) is 4.79 Å². The number of hydrogen-bond donors (Lipinski definition) is 0. The van der Waals surface area contributed by atoms with Crippen molar-refractivity contribution in [2.45, 2.75) is 13.5 Å². The highest BCUT2D eigenvalue weighted by Crippen LogP contribution is 2.18. The van der Waals surface area contributed by atoms with E-state index in [4.69, 9.17) is 4.42 Å². The van der Waals surface area contributed by atoms with Crippen molar-refractivity contribution in [1.29, 1.82) is 0 Å². The summed E-state index contributed by atoms with van der Waals surface area (Å²) in [4.78, 5) is 17.6.